The summed E-state index contributed by atoms with van der Waals surface area (Å²) in [5.74, 6) is 0. The zero-order chi connectivity index (χ0) is 41.5. The highest BCUT2D eigenvalue weighted by Crippen LogP contribution is 2.50. The number of aromatic nitrogens is 3. The van der Waals surface area contributed by atoms with Gasteiger partial charge in [0.25, 0.3) is 0 Å². The second-order valence-corrected chi connectivity index (χ2v) is 16.2. The van der Waals surface area contributed by atoms with Crippen LogP contribution in [0.15, 0.2) is 185 Å². The summed E-state index contributed by atoms with van der Waals surface area (Å²) in [6.07, 6.45) is 0. The fraction of sp³-hybridized carbons (Fsp3) is 0. The van der Waals surface area contributed by atoms with E-state index in [-0.39, 0.29) is 0 Å². The van der Waals surface area contributed by atoms with E-state index >= 15 is 0 Å². The van der Waals surface area contributed by atoms with Gasteiger partial charge in [0.1, 0.15) is 28.4 Å². The maximum Gasteiger partial charge on any atom is 0.214 e. The third-order valence-corrected chi connectivity index (χ3v) is 13.1. The molecule has 0 aliphatic heterocycles. The van der Waals surface area contributed by atoms with Crippen molar-refractivity contribution in [1.82, 2.24) is 13.7 Å². The van der Waals surface area contributed by atoms with E-state index < -0.39 is 0 Å². The molecule has 14 rings (SSSR count). The number of rotatable bonds is 3. The Balaban J connectivity index is 1.26. The van der Waals surface area contributed by atoms with Crippen molar-refractivity contribution in [1.29, 1.82) is 5.26 Å². The lowest BCUT2D eigenvalue weighted by Crippen LogP contribution is -2.11. The van der Waals surface area contributed by atoms with Crippen LogP contribution in [0.4, 0.5) is 5.69 Å². The minimum absolute atomic E-state index is 0.342. The standard InChI is InChI=1S/C56H29N5O2/c1-58-41-30-32(31-57)52(59-42-20-8-2-14-33(42)34-15-3-9-21-43(34)59)54(61-45-23-11-5-19-40(45)51-47(61)29-27-38-36-17-7-13-25-49(36)63-56(38)51)53(41)60-44-22-10-4-18-39(44)50-46(60)28-26-37-35-16-6-12-24-48(35)62-55(37)50/h2-30H. The van der Waals surface area contributed by atoms with Gasteiger partial charge in [-0.2, -0.15) is 5.26 Å². The number of furan rings is 2. The maximum absolute atomic E-state index is 11.4. The fourth-order valence-corrected chi connectivity index (χ4v) is 10.6. The molecule has 5 heterocycles. The Morgan fingerprint density at radius 2 is 0.794 bits per heavy atom. The monoisotopic (exact) mass is 803 g/mol. The largest absolute Gasteiger partial charge is 0.455 e. The molecule has 0 N–H and O–H groups in total. The molecule has 0 spiro atoms. The summed E-state index contributed by atoms with van der Waals surface area (Å²) in [4.78, 5) is 4.32. The van der Waals surface area contributed by atoms with Crippen LogP contribution in [0.1, 0.15) is 5.56 Å². The molecule has 63 heavy (non-hydrogen) atoms. The molecule has 0 unspecified atom stereocenters. The molecule has 0 atom stereocenters. The number of benzene rings is 9. The molecule has 0 aliphatic rings. The highest BCUT2D eigenvalue weighted by molar-refractivity contribution is 6.26. The summed E-state index contributed by atoms with van der Waals surface area (Å²) in [6.45, 7) is 8.96. The minimum Gasteiger partial charge on any atom is -0.455 e. The van der Waals surface area contributed by atoms with Crippen molar-refractivity contribution < 1.29 is 8.83 Å². The Morgan fingerprint density at radius 3 is 1.27 bits per heavy atom. The van der Waals surface area contributed by atoms with Crippen LogP contribution in [0.5, 0.6) is 0 Å². The van der Waals surface area contributed by atoms with Crippen LogP contribution in [0.25, 0.3) is 131 Å². The third kappa shape index (κ3) is 4.29. The van der Waals surface area contributed by atoms with Gasteiger partial charge in [-0.1, -0.05) is 109 Å². The van der Waals surface area contributed by atoms with Gasteiger partial charge in [-0.25, -0.2) is 4.85 Å². The number of nitrogens with zero attached hydrogens (tertiary/aromatic N) is 5. The number of hydrogen-bond donors (Lipinski definition) is 0. The van der Waals surface area contributed by atoms with Gasteiger partial charge in [0, 0.05) is 43.1 Å². The molecule has 5 aromatic heterocycles. The Hall–Kier alpha value is -9.04. The normalized spacial score (nSPS) is 12.1. The van der Waals surface area contributed by atoms with E-state index in [1.54, 1.807) is 6.07 Å². The van der Waals surface area contributed by atoms with Crippen molar-refractivity contribution in [3.63, 3.8) is 0 Å². The molecule has 9 aromatic carbocycles. The molecular formula is C56H29N5O2. The lowest BCUT2D eigenvalue weighted by molar-refractivity contribution is 0.672. The average molecular weight is 804 g/mol. The Kier molecular flexibility index (Phi) is 6.57. The van der Waals surface area contributed by atoms with Gasteiger partial charge in [-0.3, -0.25) is 0 Å². The van der Waals surface area contributed by atoms with Gasteiger partial charge in [0.05, 0.1) is 73.1 Å². The molecule has 7 heteroatoms. The first-order valence-corrected chi connectivity index (χ1v) is 20.9. The van der Waals surface area contributed by atoms with Gasteiger partial charge in [0.2, 0.25) is 5.69 Å². The first kappa shape index (κ1) is 33.8. The van der Waals surface area contributed by atoms with Gasteiger partial charge in [-0.05, 0) is 66.7 Å². The summed E-state index contributed by atoms with van der Waals surface area (Å²) >= 11 is 0. The first-order chi connectivity index (χ1) is 31.2. The highest BCUT2D eigenvalue weighted by atomic mass is 16.3. The van der Waals surface area contributed by atoms with Crippen LogP contribution in [0.3, 0.4) is 0 Å². The third-order valence-electron chi connectivity index (χ3n) is 13.1. The molecule has 0 saturated heterocycles. The highest BCUT2D eigenvalue weighted by Gasteiger charge is 2.31. The molecule has 290 valence electrons. The fourth-order valence-electron chi connectivity index (χ4n) is 10.6. The van der Waals surface area contributed by atoms with Gasteiger partial charge in [0.15, 0.2) is 0 Å². The SMILES string of the molecule is [C-]#[N+]c1cc(C#N)c(-n2c3ccccc3c3ccccc32)c(-n2c3ccccc3c3c4oc5ccccc5c4ccc32)c1-n1c2ccccc2c2c3oc4ccccc4c3ccc21. The average Bonchev–Trinajstić information content (AvgIpc) is 4.14. The number of para-hydroxylation sites is 6. The topological polar surface area (TPSA) is 69.2 Å². The maximum atomic E-state index is 11.4. The lowest BCUT2D eigenvalue weighted by Gasteiger charge is -2.24. The van der Waals surface area contributed by atoms with Crippen LogP contribution >= 0.6 is 0 Å². The van der Waals surface area contributed by atoms with E-state index in [0.29, 0.717) is 28.3 Å². The van der Waals surface area contributed by atoms with Gasteiger partial charge >= 0.3 is 0 Å². The lowest BCUT2D eigenvalue weighted by atomic mass is 10.1. The molecule has 0 fully saturated rings. The summed E-state index contributed by atoms with van der Waals surface area (Å²) in [5.41, 5.74) is 11.4. The predicted octanol–water partition coefficient (Wildman–Crippen LogP) is 15.2. The molecule has 0 amide bonds. The molecule has 0 saturated carbocycles. The van der Waals surface area contributed by atoms with Crippen molar-refractivity contribution in [3.8, 4) is 23.1 Å². The number of nitriles is 1. The summed E-state index contributed by atoms with van der Waals surface area (Å²) in [7, 11) is 0. The van der Waals surface area contributed by atoms with Crippen LogP contribution in [-0.2, 0) is 0 Å². The molecule has 0 aliphatic carbocycles. The molecule has 7 nitrogen and oxygen atoms in total. The summed E-state index contributed by atoms with van der Waals surface area (Å²) in [5, 5.41) is 21.6. The Bertz CT molecular complexity index is 4370. The number of hydrogen-bond acceptors (Lipinski definition) is 3. The van der Waals surface area contributed by atoms with Crippen molar-refractivity contribution >= 4 is 115 Å². The number of fused-ring (bicyclic) bond motifs is 17. The second-order valence-electron chi connectivity index (χ2n) is 16.2. The van der Waals surface area contributed by atoms with Crippen molar-refractivity contribution in [2.24, 2.45) is 0 Å². The zero-order valence-corrected chi connectivity index (χ0v) is 33.3. The van der Waals surface area contributed by atoms with Crippen LogP contribution < -0.4 is 0 Å². The minimum atomic E-state index is 0.342. The molecule has 0 bridgehead atoms. The Morgan fingerprint density at radius 1 is 0.397 bits per heavy atom. The second kappa shape index (κ2) is 12.3. The smallest absolute Gasteiger partial charge is 0.214 e. The van der Waals surface area contributed by atoms with E-state index in [1.165, 1.54) is 0 Å². The van der Waals surface area contributed by atoms with Crippen molar-refractivity contribution in [2.45, 2.75) is 0 Å². The van der Waals surface area contributed by atoms with Crippen LogP contribution in [-0.4, -0.2) is 13.7 Å². The van der Waals surface area contributed by atoms with Gasteiger partial charge < -0.3 is 22.5 Å². The molecule has 14 aromatic rings. The van der Waals surface area contributed by atoms with E-state index in [9.17, 15) is 5.26 Å². The first-order valence-electron chi connectivity index (χ1n) is 20.9. The van der Waals surface area contributed by atoms with E-state index in [1.807, 2.05) is 54.6 Å². The van der Waals surface area contributed by atoms with Crippen molar-refractivity contribution in [3.05, 3.63) is 193 Å². The molecule has 0 radical (unpaired) electrons. The van der Waals surface area contributed by atoms with E-state index in [0.717, 1.165) is 109 Å². The van der Waals surface area contributed by atoms with Gasteiger partial charge in [-0.15, -0.1) is 0 Å². The van der Waals surface area contributed by atoms with Crippen molar-refractivity contribution in [2.75, 3.05) is 0 Å². The van der Waals surface area contributed by atoms with E-state index in [4.69, 9.17) is 15.4 Å². The van der Waals surface area contributed by atoms with E-state index in [2.05, 4.69) is 140 Å². The summed E-state index contributed by atoms with van der Waals surface area (Å²) < 4.78 is 20.2. The molecular weight excluding hydrogens is 775 g/mol. The van der Waals surface area contributed by atoms with Crippen LogP contribution in [0.2, 0.25) is 0 Å². The predicted molar refractivity (Wildman–Crippen MR) is 255 cm³/mol. The van der Waals surface area contributed by atoms with Crippen LogP contribution in [0, 0.1) is 17.9 Å². The quantitative estimate of drug-likeness (QED) is 0.167. The summed E-state index contributed by atoms with van der Waals surface area (Å²) in [6, 6.07) is 62.7. The Labute approximate surface area is 357 Å². The zero-order valence-electron chi connectivity index (χ0n) is 33.3.